The Balaban J connectivity index is 1.14. The van der Waals surface area contributed by atoms with E-state index in [1.807, 2.05) is 48.7 Å². The predicted octanol–water partition coefficient (Wildman–Crippen LogP) is 13.2. The lowest BCUT2D eigenvalue weighted by atomic mass is 9.95. The van der Waals surface area contributed by atoms with Crippen LogP contribution in [-0.2, 0) is 0 Å². The molecule has 6 heteroatoms. The zero-order chi connectivity index (χ0) is 35.6. The first-order valence-corrected chi connectivity index (χ1v) is 18.4. The molecule has 0 spiro atoms. The zero-order valence-corrected chi connectivity index (χ0v) is 31.6. The van der Waals surface area contributed by atoms with Crippen LogP contribution in [0.3, 0.4) is 0 Å². The molecule has 0 saturated heterocycles. The second-order valence-electron chi connectivity index (χ2n) is 12.4. The van der Waals surface area contributed by atoms with Crippen LogP contribution in [0, 0.1) is 0 Å². The summed E-state index contributed by atoms with van der Waals surface area (Å²) in [6.45, 7) is 0. The summed E-state index contributed by atoms with van der Waals surface area (Å²) in [5.41, 5.74) is 13.1. The van der Waals surface area contributed by atoms with Crippen LogP contribution < -0.4 is 9.47 Å². The Kier molecular flexibility index (Phi) is 9.42. The number of methoxy groups -OCH3 is 2. The van der Waals surface area contributed by atoms with Gasteiger partial charge in [0.25, 0.3) is 0 Å². The average Bonchev–Trinajstić information content (AvgIpc) is 3.20. The van der Waals surface area contributed by atoms with E-state index < -0.39 is 0 Å². The molecule has 0 aliphatic carbocycles. The van der Waals surface area contributed by atoms with Gasteiger partial charge >= 0.3 is 0 Å². The largest absolute Gasteiger partial charge is 0.496 e. The van der Waals surface area contributed by atoms with Crippen molar-refractivity contribution in [3.63, 3.8) is 0 Å². The summed E-state index contributed by atoms with van der Waals surface area (Å²) in [4.78, 5) is 10.1. The van der Waals surface area contributed by atoms with E-state index in [1.54, 1.807) is 14.2 Å². The minimum atomic E-state index is 0.769. The molecular weight excluding hydrogens is 772 g/mol. The normalized spacial score (nSPS) is 11.1. The summed E-state index contributed by atoms with van der Waals surface area (Å²) in [7, 11) is 3.41. The highest BCUT2D eigenvalue weighted by atomic mass is 79.9. The Bertz CT molecular complexity index is 2600. The first-order valence-electron chi connectivity index (χ1n) is 16.8. The lowest BCUT2D eigenvalue weighted by Gasteiger charge is -2.14. The summed E-state index contributed by atoms with van der Waals surface area (Å²) in [6, 6.07) is 52.3. The van der Waals surface area contributed by atoms with Crippen molar-refractivity contribution >= 4 is 42.8 Å². The molecule has 0 atom stereocenters. The van der Waals surface area contributed by atoms with Crippen LogP contribution in [0.2, 0.25) is 0 Å². The highest BCUT2D eigenvalue weighted by molar-refractivity contribution is 9.11. The van der Waals surface area contributed by atoms with Crippen molar-refractivity contribution in [2.45, 2.75) is 0 Å². The van der Waals surface area contributed by atoms with Gasteiger partial charge in [0.15, 0.2) is 0 Å². The summed E-state index contributed by atoms with van der Waals surface area (Å²) < 4.78 is 13.7. The molecule has 0 saturated carbocycles. The molecule has 0 radical (unpaired) electrons. The van der Waals surface area contributed by atoms with Gasteiger partial charge in [-0.1, -0.05) is 135 Å². The van der Waals surface area contributed by atoms with Crippen LogP contribution in [-0.4, -0.2) is 24.2 Å². The standard InChI is InChI=1S/C46H32Br2N2O2/c1-51-44-26-34(20-22-38(44)36-15-3-5-18-40(36)47)42-23-21-29-10-9-17-35(46(29)50-42)32-13-7-11-30(24-32)31-12-8-14-33(25-31)43-27-45(52-2)39(28-49-43)37-16-4-6-19-41(37)48/h3-28H,1-2H3. The fraction of sp³-hybridized carbons (Fsp3) is 0.0435. The molecule has 2 heterocycles. The lowest BCUT2D eigenvalue weighted by molar-refractivity contribution is 0.416. The topological polar surface area (TPSA) is 44.2 Å². The lowest BCUT2D eigenvalue weighted by Crippen LogP contribution is -1.93. The summed E-state index contributed by atoms with van der Waals surface area (Å²) >= 11 is 7.36. The van der Waals surface area contributed by atoms with Gasteiger partial charge in [0.05, 0.1) is 31.1 Å². The summed E-state index contributed by atoms with van der Waals surface area (Å²) in [6.07, 6.45) is 1.89. The number of ether oxygens (including phenoxy) is 2. The van der Waals surface area contributed by atoms with Crippen molar-refractivity contribution in [3.8, 4) is 78.5 Å². The number of hydrogen-bond donors (Lipinski definition) is 0. The third-order valence-corrected chi connectivity index (χ3v) is 10.7. The number of hydrogen-bond acceptors (Lipinski definition) is 4. The van der Waals surface area contributed by atoms with Crippen molar-refractivity contribution in [1.29, 1.82) is 0 Å². The van der Waals surface area contributed by atoms with E-state index in [0.717, 1.165) is 98.4 Å². The number of aromatic nitrogens is 2. The number of pyridine rings is 2. The maximum Gasteiger partial charge on any atom is 0.130 e. The molecule has 8 rings (SSSR count). The van der Waals surface area contributed by atoms with Crippen LogP contribution in [0.5, 0.6) is 11.5 Å². The van der Waals surface area contributed by atoms with E-state index in [9.17, 15) is 0 Å². The number of rotatable bonds is 8. The molecule has 0 aliphatic rings. The zero-order valence-electron chi connectivity index (χ0n) is 28.5. The molecule has 4 nitrogen and oxygen atoms in total. The Labute approximate surface area is 320 Å². The Morgan fingerprint density at radius 2 is 1.00 bits per heavy atom. The van der Waals surface area contributed by atoms with Crippen LogP contribution in [0.25, 0.3) is 77.9 Å². The van der Waals surface area contributed by atoms with Gasteiger partial charge < -0.3 is 9.47 Å². The van der Waals surface area contributed by atoms with Crippen molar-refractivity contribution in [2.75, 3.05) is 14.2 Å². The Morgan fingerprint density at radius 3 is 1.71 bits per heavy atom. The molecule has 6 aromatic carbocycles. The predicted molar refractivity (Wildman–Crippen MR) is 221 cm³/mol. The number of para-hydroxylation sites is 1. The van der Waals surface area contributed by atoms with Gasteiger partial charge in [-0.05, 0) is 64.7 Å². The summed E-state index contributed by atoms with van der Waals surface area (Å²) in [5.74, 6) is 1.56. The van der Waals surface area contributed by atoms with Gasteiger partial charge in [-0.25, -0.2) is 4.98 Å². The monoisotopic (exact) mass is 802 g/mol. The van der Waals surface area contributed by atoms with Crippen molar-refractivity contribution < 1.29 is 9.47 Å². The van der Waals surface area contributed by atoms with Gasteiger partial charge in [0.2, 0.25) is 0 Å². The minimum Gasteiger partial charge on any atom is -0.496 e. The van der Waals surface area contributed by atoms with E-state index in [4.69, 9.17) is 19.4 Å². The highest BCUT2D eigenvalue weighted by Crippen LogP contribution is 2.40. The van der Waals surface area contributed by atoms with E-state index in [-0.39, 0.29) is 0 Å². The maximum atomic E-state index is 5.87. The second-order valence-corrected chi connectivity index (χ2v) is 14.1. The smallest absolute Gasteiger partial charge is 0.130 e. The first kappa shape index (κ1) is 33.6. The minimum absolute atomic E-state index is 0.769. The van der Waals surface area contributed by atoms with Gasteiger partial charge in [-0.15, -0.1) is 0 Å². The van der Waals surface area contributed by atoms with Crippen molar-refractivity contribution in [2.24, 2.45) is 0 Å². The molecule has 0 amide bonds. The molecule has 8 aromatic rings. The molecule has 52 heavy (non-hydrogen) atoms. The van der Waals surface area contributed by atoms with Gasteiger partial charge in [0, 0.05) is 60.0 Å². The van der Waals surface area contributed by atoms with E-state index >= 15 is 0 Å². The van der Waals surface area contributed by atoms with E-state index in [1.165, 1.54) is 0 Å². The van der Waals surface area contributed by atoms with E-state index in [2.05, 4.69) is 141 Å². The van der Waals surface area contributed by atoms with Crippen molar-refractivity contribution in [1.82, 2.24) is 9.97 Å². The number of fused-ring (bicyclic) bond motifs is 1. The molecule has 0 N–H and O–H groups in total. The van der Waals surface area contributed by atoms with Crippen LogP contribution in [0.1, 0.15) is 0 Å². The fourth-order valence-electron chi connectivity index (χ4n) is 6.66. The number of halogens is 2. The molecular formula is C46H32Br2N2O2. The average molecular weight is 805 g/mol. The molecule has 252 valence electrons. The Hall–Kier alpha value is -5.56. The van der Waals surface area contributed by atoms with Crippen LogP contribution >= 0.6 is 31.9 Å². The van der Waals surface area contributed by atoms with Crippen LogP contribution in [0.4, 0.5) is 0 Å². The quantitative estimate of drug-likeness (QED) is 0.153. The SMILES string of the molecule is COc1cc(-c2ccc3cccc(-c4cccc(-c5cccc(-c6cc(OC)c(-c7ccccc7Br)cn6)c5)c4)c3n2)ccc1-c1ccccc1Br. The third-order valence-electron chi connectivity index (χ3n) is 9.30. The second kappa shape index (κ2) is 14.6. The summed E-state index contributed by atoms with van der Waals surface area (Å²) in [5, 5.41) is 1.08. The van der Waals surface area contributed by atoms with Gasteiger partial charge in [-0.2, -0.15) is 0 Å². The number of nitrogens with zero attached hydrogens (tertiary/aromatic N) is 2. The number of benzene rings is 6. The molecule has 0 bridgehead atoms. The van der Waals surface area contributed by atoms with Gasteiger partial charge in [-0.3, -0.25) is 4.98 Å². The van der Waals surface area contributed by atoms with Crippen molar-refractivity contribution in [3.05, 3.63) is 167 Å². The van der Waals surface area contributed by atoms with Crippen LogP contribution in [0.15, 0.2) is 167 Å². The Morgan fingerprint density at radius 1 is 0.423 bits per heavy atom. The molecule has 0 aliphatic heterocycles. The molecule has 0 fully saturated rings. The first-order chi connectivity index (χ1) is 25.5. The maximum absolute atomic E-state index is 5.87. The third kappa shape index (κ3) is 6.52. The molecule has 2 aromatic heterocycles. The fourth-order valence-corrected chi connectivity index (χ4v) is 7.66. The van der Waals surface area contributed by atoms with Gasteiger partial charge in [0.1, 0.15) is 11.5 Å². The molecule has 0 unspecified atom stereocenters. The highest BCUT2D eigenvalue weighted by Gasteiger charge is 2.15. The van der Waals surface area contributed by atoms with E-state index in [0.29, 0.717) is 0 Å².